The summed E-state index contributed by atoms with van der Waals surface area (Å²) < 4.78 is 19.6. The molecule has 0 radical (unpaired) electrons. The molecular formula is C55H40N9OP. The number of para-hydroxylation sites is 5. The molecular weight excluding hydrogens is 834 g/mol. The minimum atomic E-state index is -4.54. The Kier molecular flexibility index (Phi) is 11.8. The normalized spacial score (nSPS) is 12.7. The van der Waals surface area contributed by atoms with Crippen molar-refractivity contribution in [3.05, 3.63) is 236 Å². The minimum absolute atomic E-state index is 0.0414. The average Bonchev–Trinajstić information content (AvgIpc) is 3.68. The standard InChI is InChI=1S/C55H40N9OP/c65-66(64(48-38-22-8-23-39-48)49-40-24-9-25-41-49,55-59-51(43-28-12-4-13-29-43)57-53(61-55)63(46-34-18-6-19-35-46)47-36-20-7-21-37-47)54-58-50(42-26-10-3-11-27-42)56-52(60-54)62(45-32-16-5-17-33-45)44-30-14-1-2-15-31-44/h3-14,16-41H,15H2. The number of nitrogens with zero attached hydrogens (tertiary/aromatic N) is 9. The van der Waals surface area contributed by atoms with E-state index >= 15 is 4.57 Å². The maximum absolute atomic E-state index is 17.8. The molecule has 10 rings (SSSR count). The molecule has 0 bridgehead atoms. The Labute approximate surface area is 383 Å². The van der Waals surface area contributed by atoms with Gasteiger partial charge in [-0.05, 0) is 78.9 Å². The lowest BCUT2D eigenvalue weighted by Gasteiger charge is -2.33. The van der Waals surface area contributed by atoms with Crippen molar-refractivity contribution in [2.24, 2.45) is 0 Å². The summed E-state index contributed by atoms with van der Waals surface area (Å²) in [5.41, 5.74) is 5.64. The van der Waals surface area contributed by atoms with Crippen LogP contribution >= 0.6 is 7.29 Å². The van der Waals surface area contributed by atoms with Gasteiger partial charge in [0, 0.05) is 51.7 Å². The number of benzene rings is 7. The van der Waals surface area contributed by atoms with Crippen LogP contribution in [0.25, 0.3) is 22.8 Å². The number of allylic oxidation sites excluding steroid dienone is 3. The molecule has 0 saturated carbocycles. The van der Waals surface area contributed by atoms with E-state index in [9.17, 15) is 0 Å². The van der Waals surface area contributed by atoms with Crippen LogP contribution in [0, 0.1) is 11.8 Å². The van der Waals surface area contributed by atoms with Gasteiger partial charge in [-0.2, -0.15) is 19.9 Å². The summed E-state index contributed by atoms with van der Waals surface area (Å²) >= 11 is 0. The van der Waals surface area contributed by atoms with Crippen LogP contribution in [0.1, 0.15) is 6.42 Å². The first kappa shape index (κ1) is 41.3. The summed E-state index contributed by atoms with van der Waals surface area (Å²) in [5.74, 6) is 7.36. The first-order valence-corrected chi connectivity index (χ1v) is 23.0. The highest BCUT2D eigenvalue weighted by Crippen LogP contribution is 2.54. The van der Waals surface area contributed by atoms with Crippen molar-refractivity contribution in [3.63, 3.8) is 0 Å². The average molecular weight is 874 g/mol. The molecule has 2 aromatic heterocycles. The number of rotatable bonds is 13. The van der Waals surface area contributed by atoms with E-state index < -0.39 is 7.29 Å². The van der Waals surface area contributed by atoms with Gasteiger partial charge < -0.3 is 0 Å². The zero-order valence-corrected chi connectivity index (χ0v) is 36.4. The Morgan fingerprint density at radius 1 is 0.409 bits per heavy atom. The van der Waals surface area contributed by atoms with Crippen LogP contribution in [0.2, 0.25) is 0 Å². The van der Waals surface area contributed by atoms with Crippen molar-refractivity contribution in [2.75, 3.05) is 14.5 Å². The van der Waals surface area contributed by atoms with Crippen LogP contribution in [0.4, 0.5) is 40.3 Å². The highest BCUT2D eigenvalue weighted by atomic mass is 31.2. The van der Waals surface area contributed by atoms with Crippen LogP contribution in [0.5, 0.6) is 0 Å². The van der Waals surface area contributed by atoms with E-state index in [2.05, 4.69) is 11.8 Å². The van der Waals surface area contributed by atoms with Gasteiger partial charge in [0.25, 0.3) is 0 Å². The van der Waals surface area contributed by atoms with E-state index in [1.807, 2.05) is 240 Å². The van der Waals surface area contributed by atoms with Gasteiger partial charge in [0.05, 0.1) is 0 Å². The largest absolute Gasteiger partial charge is 0.306 e. The Bertz CT molecular complexity index is 3180. The van der Waals surface area contributed by atoms with Crippen LogP contribution in [0.15, 0.2) is 236 Å². The Morgan fingerprint density at radius 3 is 1.20 bits per heavy atom. The molecule has 2 heterocycles. The molecule has 11 heteroatoms. The predicted molar refractivity (Wildman–Crippen MR) is 265 cm³/mol. The third kappa shape index (κ3) is 8.50. The zero-order chi connectivity index (χ0) is 44.5. The first-order chi connectivity index (χ1) is 32.6. The smallest absolute Gasteiger partial charge is 0.283 e. The van der Waals surface area contributed by atoms with Gasteiger partial charge >= 0.3 is 7.29 Å². The fourth-order valence-corrected chi connectivity index (χ4v) is 9.98. The second-order valence-electron chi connectivity index (χ2n) is 15.0. The third-order valence-corrected chi connectivity index (χ3v) is 13.2. The van der Waals surface area contributed by atoms with Crippen molar-refractivity contribution in [1.29, 1.82) is 0 Å². The molecule has 7 aromatic carbocycles. The molecule has 1 aliphatic carbocycles. The molecule has 1 aliphatic rings. The molecule has 9 aromatic rings. The summed E-state index contributed by atoms with van der Waals surface area (Å²) in [4.78, 5) is 35.3. The van der Waals surface area contributed by atoms with Crippen LogP contribution in [-0.2, 0) is 4.57 Å². The molecule has 0 N–H and O–H groups in total. The van der Waals surface area contributed by atoms with Crippen LogP contribution < -0.4 is 25.6 Å². The fraction of sp³-hybridized carbons (Fsp3) is 0.0182. The second-order valence-corrected chi connectivity index (χ2v) is 17.3. The van der Waals surface area contributed by atoms with Gasteiger partial charge in [-0.25, -0.2) is 9.97 Å². The first-order valence-electron chi connectivity index (χ1n) is 21.4. The van der Waals surface area contributed by atoms with Crippen molar-refractivity contribution >= 4 is 58.8 Å². The fourth-order valence-electron chi connectivity index (χ4n) is 7.62. The van der Waals surface area contributed by atoms with Gasteiger partial charge in [0.15, 0.2) is 11.6 Å². The third-order valence-electron chi connectivity index (χ3n) is 10.7. The van der Waals surface area contributed by atoms with E-state index in [0.717, 1.165) is 22.8 Å². The van der Waals surface area contributed by atoms with Crippen molar-refractivity contribution in [2.45, 2.75) is 6.42 Å². The molecule has 0 spiro atoms. The van der Waals surface area contributed by atoms with Gasteiger partial charge in [-0.3, -0.25) is 19.0 Å². The highest BCUT2D eigenvalue weighted by molar-refractivity contribution is 7.79. The lowest BCUT2D eigenvalue weighted by atomic mass is 10.2. The van der Waals surface area contributed by atoms with E-state index in [0.29, 0.717) is 40.6 Å². The molecule has 0 saturated heterocycles. The topological polar surface area (TPSA) is 104 Å². The van der Waals surface area contributed by atoms with E-state index in [4.69, 9.17) is 29.9 Å². The highest BCUT2D eigenvalue weighted by Gasteiger charge is 2.45. The van der Waals surface area contributed by atoms with E-state index in [1.165, 1.54) is 0 Å². The van der Waals surface area contributed by atoms with E-state index in [1.54, 1.807) is 4.67 Å². The van der Waals surface area contributed by atoms with Crippen molar-refractivity contribution in [3.8, 4) is 34.6 Å². The number of hydrogen-bond acceptors (Lipinski definition) is 9. The molecule has 316 valence electrons. The van der Waals surface area contributed by atoms with Gasteiger partial charge in [-0.15, -0.1) is 0 Å². The summed E-state index contributed by atoms with van der Waals surface area (Å²) in [6.45, 7) is 0. The molecule has 1 atom stereocenters. The quantitative estimate of drug-likeness (QED) is 0.0821. The SMILES string of the molecule is O=P(c1nc(-c2ccccc2)nc(N(C2=CCC#CC=C2)c2ccccc2)n1)(c1nc(-c2ccccc2)nc(N(c2ccccc2)c2ccccc2)n1)N(c1ccccc1)c1ccccc1. The molecule has 1 unspecified atom stereocenters. The maximum Gasteiger partial charge on any atom is 0.306 e. The maximum atomic E-state index is 17.8. The molecule has 10 nitrogen and oxygen atoms in total. The van der Waals surface area contributed by atoms with Crippen molar-refractivity contribution < 1.29 is 4.57 Å². The minimum Gasteiger partial charge on any atom is -0.283 e. The molecule has 0 fully saturated rings. The summed E-state index contributed by atoms with van der Waals surface area (Å²) in [6.07, 6.45) is 6.28. The lowest BCUT2D eigenvalue weighted by molar-refractivity contribution is 0.584. The van der Waals surface area contributed by atoms with Crippen LogP contribution in [0.3, 0.4) is 0 Å². The Hall–Kier alpha value is -8.77. The van der Waals surface area contributed by atoms with Gasteiger partial charge in [0.2, 0.25) is 23.0 Å². The molecule has 0 aliphatic heterocycles. The summed E-state index contributed by atoms with van der Waals surface area (Å²) in [5, 5.41) is 0. The molecule has 66 heavy (non-hydrogen) atoms. The summed E-state index contributed by atoms with van der Waals surface area (Å²) in [7, 11) is -4.54. The lowest BCUT2D eigenvalue weighted by Crippen LogP contribution is -2.38. The monoisotopic (exact) mass is 873 g/mol. The van der Waals surface area contributed by atoms with Gasteiger partial charge in [-0.1, -0.05) is 164 Å². The second kappa shape index (κ2) is 18.9. The van der Waals surface area contributed by atoms with Gasteiger partial charge in [0.1, 0.15) is 0 Å². The number of anilines is 7. The van der Waals surface area contributed by atoms with E-state index in [-0.39, 0.29) is 23.0 Å². The zero-order valence-electron chi connectivity index (χ0n) is 35.5. The Morgan fingerprint density at radius 2 is 0.773 bits per heavy atom. The number of aromatic nitrogens is 6. The van der Waals surface area contributed by atoms with Crippen LogP contribution in [-0.4, -0.2) is 29.9 Å². The Balaban J connectivity index is 1.33. The summed E-state index contributed by atoms with van der Waals surface area (Å²) in [6, 6.07) is 68.0. The number of hydrogen-bond donors (Lipinski definition) is 0. The van der Waals surface area contributed by atoms with Crippen molar-refractivity contribution in [1.82, 2.24) is 29.9 Å². The predicted octanol–water partition coefficient (Wildman–Crippen LogP) is 11.9. The molecule has 0 amide bonds.